The van der Waals surface area contributed by atoms with Gasteiger partial charge >= 0.3 is 6.09 Å². The molecule has 1 aromatic heterocycles. The van der Waals surface area contributed by atoms with Gasteiger partial charge in [0.05, 0.1) is 5.69 Å². The van der Waals surface area contributed by atoms with E-state index in [4.69, 9.17) is 4.74 Å². The number of hydrogen-bond donors (Lipinski definition) is 0. The molecule has 0 amide bonds. The Labute approximate surface area is 106 Å². The summed E-state index contributed by atoms with van der Waals surface area (Å²) in [4.78, 5) is 16.0. The maximum absolute atomic E-state index is 11.8. The molecule has 0 aliphatic carbocycles. The molecule has 0 saturated heterocycles. The monoisotopic (exact) mass is 244 g/mol. The second-order valence-electron chi connectivity index (χ2n) is 5.01. The van der Waals surface area contributed by atoms with Crippen molar-refractivity contribution in [1.29, 1.82) is 0 Å². The van der Waals surface area contributed by atoms with Crippen molar-refractivity contribution in [2.75, 3.05) is 0 Å². The first kappa shape index (κ1) is 12.4. The molecule has 0 aliphatic heterocycles. The smallest absolute Gasteiger partial charge is 0.419 e. The van der Waals surface area contributed by atoms with E-state index in [0.717, 1.165) is 11.3 Å². The number of benzene rings is 1. The summed E-state index contributed by atoms with van der Waals surface area (Å²) >= 11 is 0. The van der Waals surface area contributed by atoms with Crippen LogP contribution >= 0.6 is 0 Å². The summed E-state index contributed by atoms with van der Waals surface area (Å²) in [6.45, 7) is 5.50. The zero-order valence-corrected chi connectivity index (χ0v) is 10.8. The van der Waals surface area contributed by atoms with E-state index in [0.29, 0.717) is 0 Å². The van der Waals surface area contributed by atoms with Crippen molar-refractivity contribution in [2.24, 2.45) is 0 Å². The van der Waals surface area contributed by atoms with Gasteiger partial charge in [-0.3, -0.25) is 0 Å². The van der Waals surface area contributed by atoms with Gasteiger partial charge in [-0.2, -0.15) is 0 Å². The zero-order valence-electron chi connectivity index (χ0n) is 10.8. The number of imidazole rings is 1. The minimum Gasteiger partial charge on any atom is -0.443 e. The molecule has 2 rings (SSSR count). The van der Waals surface area contributed by atoms with Crippen LogP contribution in [-0.2, 0) is 4.74 Å². The predicted molar refractivity (Wildman–Crippen MR) is 69.3 cm³/mol. The van der Waals surface area contributed by atoms with Crippen molar-refractivity contribution >= 4 is 6.09 Å². The Kier molecular flexibility index (Phi) is 3.19. The first-order valence-corrected chi connectivity index (χ1v) is 5.78. The Bertz CT molecular complexity index is 538. The maximum atomic E-state index is 11.8. The summed E-state index contributed by atoms with van der Waals surface area (Å²) in [7, 11) is 0. The quantitative estimate of drug-likeness (QED) is 0.772. The van der Waals surface area contributed by atoms with Gasteiger partial charge in [-0.25, -0.2) is 14.3 Å². The van der Waals surface area contributed by atoms with Crippen LogP contribution in [0.15, 0.2) is 42.9 Å². The van der Waals surface area contributed by atoms with Crippen LogP contribution in [0.4, 0.5) is 4.79 Å². The Morgan fingerprint density at radius 3 is 2.50 bits per heavy atom. The van der Waals surface area contributed by atoms with E-state index in [1.165, 1.54) is 10.9 Å². The lowest BCUT2D eigenvalue weighted by molar-refractivity contribution is 0.0536. The van der Waals surface area contributed by atoms with Crippen molar-refractivity contribution in [1.82, 2.24) is 9.55 Å². The molecule has 4 nitrogen and oxygen atoms in total. The molecule has 0 N–H and O–H groups in total. The average Bonchev–Trinajstić information content (AvgIpc) is 2.77. The molecule has 94 valence electrons. The highest BCUT2D eigenvalue weighted by atomic mass is 16.6. The molecule has 0 saturated carbocycles. The Morgan fingerprint density at radius 1 is 1.22 bits per heavy atom. The number of nitrogens with zero attached hydrogens (tertiary/aromatic N) is 2. The highest BCUT2D eigenvalue weighted by molar-refractivity contribution is 5.72. The molecule has 2 aromatic rings. The predicted octanol–water partition coefficient (Wildman–Crippen LogP) is 3.33. The first-order valence-electron chi connectivity index (χ1n) is 5.78. The minimum atomic E-state index is -0.506. The van der Waals surface area contributed by atoms with Gasteiger partial charge in [0.1, 0.15) is 11.9 Å². The van der Waals surface area contributed by atoms with Gasteiger partial charge in [-0.05, 0) is 20.8 Å². The van der Waals surface area contributed by atoms with Crippen LogP contribution in [0.5, 0.6) is 0 Å². The molecular weight excluding hydrogens is 228 g/mol. The summed E-state index contributed by atoms with van der Waals surface area (Å²) in [6, 6.07) is 9.70. The highest BCUT2D eigenvalue weighted by Gasteiger charge is 2.18. The zero-order chi connectivity index (χ0) is 13.2. The second kappa shape index (κ2) is 4.64. The number of rotatable bonds is 1. The minimum absolute atomic E-state index is 0.419. The Balaban J connectivity index is 2.19. The van der Waals surface area contributed by atoms with Gasteiger partial charge in [-0.1, -0.05) is 30.3 Å². The van der Waals surface area contributed by atoms with Crippen molar-refractivity contribution in [3.63, 3.8) is 0 Å². The van der Waals surface area contributed by atoms with Gasteiger partial charge in [0.15, 0.2) is 0 Å². The SMILES string of the molecule is CC(C)(C)OC(=O)n1cnc(-c2ccccc2)c1. The third kappa shape index (κ3) is 2.97. The van der Waals surface area contributed by atoms with Crippen molar-refractivity contribution in [2.45, 2.75) is 26.4 Å². The van der Waals surface area contributed by atoms with Crippen molar-refractivity contribution < 1.29 is 9.53 Å². The lowest BCUT2D eigenvalue weighted by Crippen LogP contribution is -2.26. The molecule has 0 spiro atoms. The molecule has 0 aliphatic rings. The summed E-state index contributed by atoms with van der Waals surface area (Å²) in [5, 5.41) is 0. The topological polar surface area (TPSA) is 44.1 Å². The van der Waals surface area contributed by atoms with Crippen LogP contribution in [0.25, 0.3) is 11.3 Å². The lowest BCUT2D eigenvalue weighted by atomic mass is 10.2. The van der Waals surface area contributed by atoms with Crippen LogP contribution in [0.1, 0.15) is 20.8 Å². The Morgan fingerprint density at radius 2 is 1.89 bits per heavy atom. The third-order valence-corrected chi connectivity index (χ3v) is 2.26. The molecular formula is C14H16N2O2. The number of hydrogen-bond acceptors (Lipinski definition) is 3. The molecule has 0 unspecified atom stereocenters. The molecule has 1 heterocycles. The van der Waals surface area contributed by atoms with E-state index < -0.39 is 11.7 Å². The van der Waals surface area contributed by atoms with Gasteiger partial charge in [0, 0.05) is 11.8 Å². The lowest BCUT2D eigenvalue weighted by Gasteiger charge is -2.19. The summed E-state index contributed by atoms with van der Waals surface area (Å²) < 4.78 is 6.61. The van der Waals surface area contributed by atoms with E-state index in [9.17, 15) is 4.79 Å². The van der Waals surface area contributed by atoms with Gasteiger partial charge < -0.3 is 4.74 Å². The molecule has 1 aromatic carbocycles. The maximum Gasteiger partial charge on any atom is 0.419 e. The van der Waals surface area contributed by atoms with Gasteiger partial charge in [0.25, 0.3) is 0 Å². The van der Waals surface area contributed by atoms with Crippen LogP contribution < -0.4 is 0 Å². The fourth-order valence-electron chi connectivity index (χ4n) is 1.50. The Hall–Kier alpha value is -2.10. The molecule has 4 heteroatoms. The van der Waals surface area contributed by atoms with E-state index >= 15 is 0 Å². The fourth-order valence-corrected chi connectivity index (χ4v) is 1.50. The molecule has 0 fully saturated rings. The van der Waals surface area contributed by atoms with Crippen LogP contribution in [0, 0.1) is 0 Å². The third-order valence-electron chi connectivity index (χ3n) is 2.26. The summed E-state index contributed by atoms with van der Waals surface area (Å²) in [6.07, 6.45) is 2.72. The van der Waals surface area contributed by atoms with Crippen LogP contribution in [-0.4, -0.2) is 21.2 Å². The summed E-state index contributed by atoms with van der Waals surface area (Å²) in [5.41, 5.74) is 1.22. The number of carbonyl (C=O) groups is 1. The molecule has 0 bridgehead atoms. The van der Waals surface area contributed by atoms with E-state index in [-0.39, 0.29) is 0 Å². The van der Waals surface area contributed by atoms with Crippen molar-refractivity contribution in [3.05, 3.63) is 42.9 Å². The second-order valence-corrected chi connectivity index (χ2v) is 5.01. The van der Waals surface area contributed by atoms with Crippen LogP contribution in [0.2, 0.25) is 0 Å². The van der Waals surface area contributed by atoms with Crippen molar-refractivity contribution in [3.8, 4) is 11.3 Å². The van der Waals surface area contributed by atoms with E-state index in [1.807, 2.05) is 51.1 Å². The largest absolute Gasteiger partial charge is 0.443 e. The van der Waals surface area contributed by atoms with Gasteiger partial charge in [-0.15, -0.1) is 0 Å². The van der Waals surface area contributed by atoms with Gasteiger partial charge in [0.2, 0.25) is 0 Å². The summed E-state index contributed by atoms with van der Waals surface area (Å²) in [5.74, 6) is 0. The normalized spacial score (nSPS) is 11.3. The fraction of sp³-hybridized carbons (Fsp3) is 0.286. The van der Waals surface area contributed by atoms with E-state index in [1.54, 1.807) is 6.20 Å². The number of ether oxygens (including phenoxy) is 1. The van der Waals surface area contributed by atoms with Crippen LogP contribution in [0.3, 0.4) is 0 Å². The number of carbonyl (C=O) groups excluding carboxylic acids is 1. The molecule has 0 radical (unpaired) electrons. The first-order chi connectivity index (χ1) is 8.46. The average molecular weight is 244 g/mol. The number of aromatic nitrogens is 2. The standard InChI is InChI=1S/C14H16N2O2/c1-14(2,3)18-13(17)16-9-12(15-10-16)11-7-5-4-6-8-11/h4-10H,1-3H3. The highest BCUT2D eigenvalue weighted by Crippen LogP contribution is 2.17. The van der Waals surface area contributed by atoms with E-state index in [2.05, 4.69) is 4.98 Å². The molecule has 0 atom stereocenters. The molecule has 18 heavy (non-hydrogen) atoms.